The van der Waals surface area contributed by atoms with E-state index >= 15 is 0 Å². The fourth-order valence-corrected chi connectivity index (χ4v) is 4.46. The van der Waals surface area contributed by atoms with Crippen LogP contribution in [-0.2, 0) is 11.2 Å². The summed E-state index contributed by atoms with van der Waals surface area (Å²) in [5, 5.41) is 7.00. The number of hydrogen-bond donors (Lipinski definition) is 2. The number of nitrogens with one attached hydrogen (secondary N) is 2. The summed E-state index contributed by atoms with van der Waals surface area (Å²) in [6.07, 6.45) is 0.774. The van der Waals surface area contributed by atoms with Crippen molar-refractivity contribution >= 4 is 50.5 Å². The molecule has 0 saturated heterocycles. The summed E-state index contributed by atoms with van der Waals surface area (Å²) in [5.74, 6) is 0.388. The van der Waals surface area contributed by atoms with Gasteiger partial charge in [0.1, 0.15) is 5.75 Å². The molecule has 162 valence electrons. The van der Waals surface area contributed by atoms with Gasteiger partial charge in [-0.05, 0) is 73.1 Å². The van der Waals surface area contributed by atoms with E-state index in [0.717, 1.165) is 39.3 Å². The van der Waals surface area contributed by atoms with Crippen molar-refractivity contribution < 1.29 is 9.53 Å². The largest absolute Gasteiger partial charge is 0.483 e. The van der Waals surface area contributed by atoms with E-state index in [1.165, 1.54) is 4.70 Å². The van der Waals surface area contributed by atoms with Crippen molar-refractivity contribution in [2.75, 3.05) is 11.9 Å². The van der Waals surface area contributed by atoms with Crippen LogP contribution in [0.5, 0.6) is 5.75 Å². The van der Waals surface area contributed by atoms with Crippen molar-refractivity contribution in [3.63, 3.8) is 0 Å². The molecule has 0 aliphatic heterocycles. The van der Waals surface area contributed by atoms with Crippen LogP contribution in [0.25, 0.3) is 10.2 Å². The molecule has 32 heavy (non-hydrogen) atoms. The molecule has 1 aromatic heterocycles. The third kappa shape index (κ3) is 5.49. The number of fused-ring (bicyclic) bond motifs is 1. The number of ether oxygens (including phenoxy) is 1. The summed E-state index contributed by atoms with van der Waals surface area (Å²) in [5.41, 5.74) is 5.14. The minimum atomic E-state index is -0.309. The number of carbonyl (C=O) groups excluding carboxylic acids is 1. The number of rotatable bonds is 6. The predicted octanol–water partition coefficient (Wildman–Crippen LogP) is 5.40. The Bertz CT molecular complexity index is 1230. The van der Waals surface area contributed by atoms with Crippen LogP contribution < -0.4 is 15.4 Å². The van der Waals surface area contributed by atoms with Crippen LogP contribution in [0.2, 0.25) is 0 Å². The van der Waals surface area contributed by atoms with Gasteiger partial charge < -0.3 is 10.1 Å². The predicted molar refractivity (Wildman–Crippen MR) is 135 cm³/mol. The number of aromatic nitrogens is 1. The highest BCUT2D eigenvalue weighted by molar-refractivity contribution is 7.80. The number of carbonyl (C=O) groups is 1. The molecule has 0 bridgehead atoms. The maximum absolute atomic E-state index is 12.2. The summed E-state index contributed by atoms with van der Waals surface area (Å²) in [6, 6.07) is 21.9. The lowest BCUT2D eigenvalue weighted by atomic mass is 10.1. The quantitative estimate of drug-likeness (QED) is 0.377. The number of hydrogen-bond acceptors (Lipinski definition) is 5. The molecule has 0 aliphatic carbocycles. The van der Waals surface area contributed by atoms with Gasteiger partial charge in [0.15, 0.2) is 11.7 Å². The van der Waals surface area contributed by atoms with E-state index in [-0.39, 0.29) is 17.6 Å². The first-order valence-electron chi connectivity index (χ1n) is 10.2. The van der Waals surface area contributed by atoms with Crippen LogP contribution in [0.4, 0.5) is 5.69 Å². The first-order valence-corrected chi connectivity index (χ1v) is 11.4. The molecule has 7 heteroatoms. The Hall–Kier alpha value is -3.29. The summed E-state index contributed by atoms with van der Waals surface area (Å²) in [7, 11) is 0. The average molecular weight is 462 g/mol. The number of para-hydroxylation sites is 1. The number of thiazole rings is 1. The topological polar surface area (TPSA) is 63.2 Å². The average Bonchev–Trinajstić information content (AvgIpc) is 3.18. The Kier molecular flexibility index (Phi) is 6.78. The summed E-state index contributed by atoms with van der Waals surface area (Å²) in [6.45, 7) is 3.87. The Labute approximate surface area is 196 Å². The number of thiocarbonyl (C=S) groups is 1. The third-order valence-electron chi connectivity index (χ3n) is 5.07. The highest BCUT2D eigenvalue weighted by Crippen LogP contribution is 2.24. The first-order chi connectivity index (χ1) is 15.5. The monoisotopic (exact) mass is 461 g/mol. The summed E-state index contributed by atoms with van der Waals surface area (Å²) in [4.78, 5) is 16.9. The number of anilines is 1. The van der Waals surface area contributed by atoms with Crippen molar-refractivity contribution in [1.29, 1.82) is 0 Å². The first kappa shape index (κ1) is 21.9. The van der Waals surface area contributed by atoms with E-state index in [2.05, 4.69) is 21.7 Å². The molecule has 0 radical (unpaired) electrons. The molecular formula is C25H23N3O2S2. The van der Waals surface area contributed by atoms with E-state index in [4.69, 9.17) is 17.0 Å². The second-order valence-corrected chi connectivity index (χ2v) is 8.96. The molecule has 5 nitrogen and oxygen atoms in total. The Morgan fingerprint density at radius 3 is 2.59 bits per heavy atom. The zero-order valence-electron chi connectivity index (χ0n) is 17.8. The molecule has 0 spiro atoms. The van der Waals surface area contributed by atoms with Gasteiger partial charge in [0, 0.05) is 12.1 Å². The molecule has 0 saturated carbocycles. The Balaban J connectivity index is 1.27. The van der Waals surface area contributed by atoms with Crippen LogP contribution in [0.15, 0.2) is 66.7 Å². The SMILES string of the molecule is Cc1cccc(OCC(=O)NC(=S)Nc2ccc(Cc3nc4ccccc4s3)cc2)c1C. The fourth-order valence-electron chi connectivity index (χ4n) is 3.22. The van der Waals surface area contributed by atoms with E-state index in [0.29, 0.717) is 5.75 Å². The van der Waals surface area contributed by atoms with Crippen LogP contribution in [0.1, 0.15) is 21.7 Å². The zero-order chi connectivity index (χ0) is 22.5. The summed E-state index contributed by atoms with van der Waals surface area (Å²) >= 11 is 6.97. The lowest BCUT2D eigenvalue weighted by molar-refractivity contribution is -0.121. The molecule has 1 amide bonds. The van der Waals surface area contributed by atoms with Gasteiger partial charge in [-0.2, -0.15) is 0 Å². The molecule has 2 N–H and O–H groups in total. The Morgan fingerprint density at radius 2 is 1.81 bits per heavy atom. The highest BCUT2D eigenvalue weighted by Gasteiger charge is 2.09. The van der Waals surface area contributed by atoms with Crippen molar-refractivity contribution in [3.05, 3.63) is 88.4 Å². The zero-order valence-corrected chi connectivity index (χ0v) is 19.5. The Morgan fingerprint density at radius 1 is 1.03 bits per heavy atom. The maximum Gasteiger partial charge on any atom is 0.264 e. The molecule has 1 heterocycles. The standard InChI is InChI=1S/C25H23N3O2S2/c1-16-6-5-8-21(17(16)2)30-15-23(29)28-25(31)26-19-12-10-18(11-13-19)14-24-27-20-7-3-4-9-22(20)32-24/h3-13H,14-15H2,1-2H3,(H2,26,28,29,31). The molecule has 0 unspecified atom stereocenters. The number of benzene rings is 3. The summed E-state index contributed by atoms with van der Waals surface area (Å²) < 4.78 is 6.82. The van der Waals surface area contributed by atoms with E-state index in [1.54, 1.807) is 11.3 Å². The van der Waals surface area contributed by atoms with E-state index in [9.17, 15) is 4.79 Å². The van der Waals surface area contributed by atoms with Crippen molar-refractivity contribution in [2.45, 2.75) is 20.3 Å². The van der Waals surface area contributed by atoms with Crippen LogP contribution in [0.3, 0.4) is 0 Å². The van der Waals surface area contributed by atoms with E-state index < -0.39 is 0 Å². The lowest BCUT2D eigenvalue weighted by Gasteiger charge is -2.12. The normalized spacial score (nSPS) is 10.7. The fraction of sp³-hybridized carbons (Fsp3) is 0.160. The minimum Gasteiger partial charge on any atom is -0.483 e. The minimum absolute atomic E-state index is 0.104. The van der Waals surface area contributed by atoms with Crippen molar-refractivity contribution in [3.8, 4) is 5.75 Å². The molecule has 4 rings (SSSR count). The maximum atomic E-state index is 12.2. The second-order valence-electron chi connectivity index (χ2n) is 7.44. The van der Waals surface area contributed by atoms with Gasteiger partial charge in [-0.15, -0.1) is 11.3 Å². The third-order valence-corrected chi connectivity index (χ3v) is 6.31. The van der Waals surface area contributed by atoms with Gasteiger partial charge in [0.25, 0.3) is 5.91 Å². The molecular weight excluding hydrogens is 438 g/mol. The van der Waals surface area contributed by atoms with Gasteiger partial charge in [0.05, 0.1) is 15.2 Å². The molecule has 0 atom stereocenters. The van der Waals surface area contributed by atoms with E-state index in [1.807, 2.05) is 74.5 Å². The van der Waals surface area contributed by atoms with Gasteiger partial charge >= 0.3 is 0 Å². The number of amides is 1. The van der Waals surface area contributed by atoms with Gasteiger partial charge in [-0.25, -0.2) is 4.98 Å². The number of aryl methyl sites for hydroxylation is 1. The van der Waals surface area contributed by atoms with Crippen LogP contribution in [-0.4, -0.2) is 22.6 Å². The molecule has 3 aromatic carbocycles. The molecule has 4 aromatic rings. The van der Waals surface area contributed by atoms with Crippen LogP contribution in [0, 0.1) is 13.8 Å². The second kappa shape index (κ2) is 9.89. The van der Waals surface area contributed by atoms with Crippen LogP contribution >= 0.6 is 23.6 Å². The van der Waals surface area contributed by atoms with Gasteiger partial charge in [0.2, 0.25) is 0 Å². The van der Waals surface area contributed by atoms with Crippen molar-refractivity contribution in [1.82, 2.24) is 10.3 Å². The highest BCUT2D eigenvalue weighted by atomic mass is 32.1. The molecule has 0 aliphatic rings. The van der Waals surface area contributed by atoms with Gasteiger partial charge in [-0.1, -0.05) is 36.4 Å². The number of nitrogens with zero attached hydrogens (tertiary/aromatic N) is 1. The molecule has 0 fully saturated rings. The van der Waals surface area contributed by atoms with Gasteiger partial charge in [-0.3, -0.25) is 10.1 Å². The smallest absolute Gasteiger partial charge is 0.264 e. The van der Waals surface area contributed by atoms with Crippen molar-refractivity contribution in [2.24, 2.45) is 0 Å². The lowest BCUT2D eigenvalue weighted by Crippen LogP contribution is -2.37.